The summed E-state index contributed by atoms with van der Waals surface area (Å²) in [6.07, 6.45) is -3.72. The van der Waals surface area contributed by atoms with Crippen LogP contribution in [0.1, 0.15) is 25.8 Å². The fourth-order valence-corrected chi connectivity index (χ4v) is 1.69. The number of nitrogens with one attached hydrogen (secondary N) is 1. The third-order valence-corrected chi connectivity index (χ3v) is 3.12. The first-order valence-electron chi connectivity index (χ1n) is 5.56. The van der Waals surface area contributed by atoms with Crippen LogP contribution in [0.2, 0.25) is 5.02 Å². The molecule has 18 heavy (non-hydrogen) atoms. The SMILES string of the molecule is CCC(C)(CN)Nc1cc(Cl)cc(C(F)(F)F)c1. The number of nitrogens with two attached hydrogens (primary N) is 1. The van der Waals surface area contributed by atoms with E-state index in [1.54, 1.807) is 0 Å². The Kier molecular flexibility index (Phi) is 4.50. The Bertz CT molecular complexity index is 414. The van der Waals surface area contributed by atoms with Crippen molar-refractivity contribution in [1.82, 2.24) is 0 Å². The highest BCUT2D eigenvalue weighted by atomic mass is 35.5. The van der Waals surface area contributed by atoms with Gasteiger partial charge in [0.25, 0.3) is 0 Å². The number of hydrogen-bond acceptors (Lipinski definition) is 2. The fourth-order valence-electron chi connectivity index (χ4n) is 1.46. The monoisotopic (exact) mass is 280 g/mol. The summed E-state index contributed by atoms with van der Waals surface area (Å²) in [6.45, 7) is 4.08. The molecule has 0 spiro atoms. The summed E-state index contributed by atoms with van der Waals surface area (Å²) in [4.78, 5) is 0. The zero-order valence-corrected chi connectivity index (χ0v) is 11.0. The minimum absolute atomic E-state index is 0.0443. The van der Waals surface area contributed by atoms with Gasteiger partial charge in [0, 0.05) is 22.8 Å². The highest BCUT2D eigenvalue weighted by molar-refractivity contribution is 6.30. The fraction of sp³-hybridized carbons (Fsp3) is 0.500. The van der Waals surface area contributed by atoms with Gasteiger partial charge in [0.05, 0.1) is 5.56 Å². The van der Waals surface area contributed by atoms with Gasteiger partial charge in [0.15, 0.2) is 0 Å². The van der Waals surface area contributed by atoms with Crippen LogP contribution in [0.4, 0.5) is 18.9 Å². The first-order valence-corrected chi connectivity index (χ1v) is 5.94. The Morgan fingerprint density at radius 1 is 1.28 bits per heavy atom. The van der Waals surface area contributed by atoms with Crippen molar-refractivity contribution in [1.29, 1.82) is 0 Å². The summed E-state index contributed by atoms with van der Waals surface area (Å²) in [6, 6.07) is 3.40. The maximum atomic E-state index is 12.6. The lowest BCUT2D eigenvalue weighted by Gasteiger charge is -2.29. The molecule has 1 aromatic rings. The van der Waals surface area contributed by atoms with Crippen LogP contribution in [-0.2, 0) is 6.18 Å². The summed E-state index contributed by atoms with van der Waals surface area (Å²) in [7, 11) is 0. The van der Waals surface area contributed by atoms with Crippen molar-refractivity contribution < 1.29 is 13.2 Å². The molecule has 1 rings (SSSR count). The van der Waals surface area contributed by atoms with Gasteiger partial charge in [0.1, 0.15) is 0 Å². The van der Waals surface area contributed by atoms with E-state index in [9.17, 15) is 13.2 Å². The van der Waals surface area contributed by atoms with Gasteiger partial charge in [-0.1, -0.05) is 18.5 Å². The van der Waals surface area contributed by atoms with E-state index in [1.807, 2.05) is 13.8 Å². The quantitative estimate of drug-likeness (QED) is 0.878. The molecule has 102 valence electrons. The second-order valence-electron chi connectivity index (χ2n) is 4.47. The standard InChI is InChI=1S/C12H16ClF3N2/c1-3-11(2,7-17)18-10-5-8(12(14,15)16)4-9(13)6-10/h4-6,18H,3,7,17H2,1-2H3. The maximum absolute atomic E-state index is 12.6. The van der Waals surface area contributed by atoms with E-state index >= 15 is 0 Å². The summed E-state index contributed by atoms with van der Waals surface area (Å²) in [5.74, 6) is 0. The maximum Gasteiger partial charge on any atom is 0.416 e. The van der Waals surface area contributed by atoms with Crippen LogP contribution in [0.5, 0.6) is 0 Å². The number of anilines is 1. The molecule has 0 amide bonds. The van der Waals surface area contributed by atoms with E-state index in [4.69, 9.17) is 17.3 Å². The van der Waals surface area contributed by atoms with Crippen molar-refractivity contribution in [3.63, 3.8) is 0 Å². The van der Waals surface area contributed by atoms with Gasteiger partial charge in [-0.3, -0.25) is 0 Å². The van der Waals surface area contributed by atoms with Crippen LogP contribution in [0, 0.1) is 0 Å². The number of rotatable bonds is 4. The molecule has 0 bridgehead atoms. The molecule has 0 saturated heterocycles. The van der Waals surface area contributed by atoms with Crippen LogP contribution in [0.15, 0.2) is 18.2 Å². The van der Waals surface area contributed by atoms with Crippen molar-refractivity contribution >= 4 is 17.3 Å². The molecule has 2 nitrogen and oxygen atoms in total. The highest BCUT2D eigenvalue weighted by Crippen LogP contribution is 2.34. The second kappa shape index (κ2) is 5.36. The highest BCUT2D eigenvalue weighted by Gasteiger charge is 2.31. The smallest absolute Gasteiger partial charge is 0.379 e. The van der Waals surface area contributed by atoms with Crippen molar-refractivity contribution in [3.05, 3.63) is 28.8 Å². The van der Waals surface area contributed by atoms with Crippen LogP contribution >= 0.6 is 11.6 Å². The first-order chi connectivity index (χ1) is 8.20. The predicted octanol–water partition coefficient (Wildman–Crippen LogP) is 3.90. The van der Waals surface area contributed by atoms with Gasteiger partial charge in [-0.15, -0.1) is 0 Å². The Morgan fingerprint density at radius 2 is 1.89 bits per heavy atom. The summed E-state index contributed by atoms with van der Waals surface area (Å²) in [5, 5.41) is 3.04. The Labute approximate surface area is 109 Å². The van der Waals surface area contributed by atoms with E-state index in [1.165, 1.54) is 6.07 Å². The van der Waals surface area contributed by atoms with Crippen LogP contribution in [-0.4, -0.2) is 12.1 Å². The molecule has 0 aromatic heterocycles. The minimum atomic E-state index is -4.41. The summed E-state index contributed by atoms with van der Waals surface area (Å²) < 4.78 is 37.9. The number of alkyl halides is 3. The lowest BCUT2D eigenvalue weighted by Crippen LogP contribution is -2.41. The predicted molar refractivity (Wildman–Crippen MR) is 67.8 cm³/mol. The molecule has 0 fully saturated rings. The molecule has 1 aromatic carbocycles. The lowest BCUT2D eigenvalue weighted by atomic mass is 9.98. The average molecular weight is 281 g/mol. The van der Waals surface area contributed by atoms with E-state index in [2.05, 4.69) is 5.32 Å². The molecule has 0 aliphatic rings. The zero-order chi connectivity index (χ0) is 14.0. The third-order valence-electron chi connectivity index (χ3n) is 2.90. The average Bonchev–Trinajstić information content (AvgIpc) is 2.27. The first kappa shape index (κ1) is 15.1. The van der Waals surface area contributed by atoms with Crippen LogP contribution < -0.4 is 11.1 Å². The van der Waals surface area contributed by atoms with Gasteiger partial charge < -0.3 is 11.1 Å². The molecule has 0 heterocycles. The zero-order valence-electron chi connectivity index (χ0n) is 10.2. The Morgan fingerprint density at radius 3 is 2.33 bits per heavy atom. The normalized spacial score (nSPS) is 15.3. The van der Waals surface area contributed by atoms with Gasteiger partial charge in [-0.25, -0.2) is 0 Å². The summed E-state index contributed by atoms with van der Waals surface area (Å²) in [5.41, 5.74) is 4.71. The second-order valence-corrected chi connectivity index (χ2v) is 4.91. The Hall–Kier alpha value is -0.940. The molecule has 3 N–H and O–H groups in total. The van der Waals surface area contributed by atoms with Crippen molar-refractivity contribution in [2.75, 3.05) is 11.9 Å². The molecule has 6 heteroatoms. The molecule has 0 radical (unpaired) electrons. The van der Waals surface area contributed by atoms with Gasteiger partial charge in [-0.2, -0.15) is 13.2 Å². The molecule has 0 aliphatic heterocycles. The third kappa shape index (κ3) is 3.78. The van der Waals surface area contributed by atoms with Crippen molar-refractivity contribution in [3.8, 4) is 0 Å². The summed E-state index contributed by atoms with van der Waals surface area (Å²) >= 11 is 5.70. The Balaban J connectivity index is 3.08. The van der Waals surface area contributed by atoms with E-state index in [0.29, 0.717) is 18.7 Å². The minimum Gasteiger partial charge on any atom is -0.379 e. The topological polar surface area (TPSA) is 38.0 Å². The van der Waals surface area contributed by atoms with Crippen LogP contribution in [0.25, 0.3) is 0 Å². The molecule has 0 saturated carbocycles. The molecule has 0 aliphatic carbocycles. The number of halogens is 4. The van der Waals surface area contributed by atoms with Crippen LogP contribution in [0.3, 0.4) is 0 Å². The molecule has 1 unspecified atom stereocenters. The van der Waals surface area contributed by atoms with Crippen molar-refractivity contribution in [2.24, 2.45) is 5.73 Å². The molecular weight excluding hydrogens is 265 g/mol. The number of hydrogen-bond donors (Lipinski definition) is 2. The van der Waals surface area contributed by atoms with E-state index < -0.39 is 17.3 Å². The molecular formula is C12H16ClF3N2. The lowest BCUT2D eigenvalue weighted by molar-refractivity contribution is -0.137. The van der Waals surface area contributed by atoms with Gasteiger partial charge >= 0.3 is 6.18 Å². The number of benzene rings is 1. The van der Waals surface area contributed by atoms with E-state index in [-0.39, 0.29) is 5.02 Å². The molecule has 1 atom stereocenters. The van der Waals surface area contributed by atoms with Gasteiger partial charge in [0.2, 0.25) is 0 Å². The van der Waals surface area contributed by atoms with Crippen molar-refractivity contribution in [2.45, 2.75) is 32.0 Å². The van der Waals surface area contributed by atoms with E-state index in [0.717, 1.165) is 12.1 Å². The van der Waals surface area contributed by atoms with Gasteiger partial charge in [-0.05, 0) is 31.5 Å². The largest absolute Gasteiger partial charge is 0.416 e.